The Kier molecular flexibility index (Phi) is 5.77. The average Bonchev–Trinajstić information content (AvgIpc) is 2.60. The molecule has 0 atom stereocenters. The molecule has 0 unspecified atom stereocenters. The highest BCUT2D eigenvalue weighted by Gasteiger charge is 2.21. The van der Waals surface area contributed by atoms with Crippen LogP contribution in [0.5, 0.6) is 0 Å². The second-order valence-electron chi connectivity index (χ2n) is 5.45. The third kappa shape index (κ3) is 5.09. The summed E-state index contributed by atoms with van der Waals surface area (Å²) in [6, 6.07) is 5.46. The molecule has 1 saturated heterocycles. The first-order chi connectivity index (χ1) is 11.9. The van der Waals surface area contributed by atoms with Crippen LogP contribution in [0.3, 0.4) is 0 Å². The number of hydrogen-bond donors (Lipinski definition) is 5. The van der Waals surface area contributed by atoms with Gasteiger partial charge in [0.15, 0.2) is 5.96 Å². The van der Waals surface area contributed by atoms with E-state index in [1.165, 1.54) is 23.1 Å². The predicted octanol–water partition coefficient (Wildman–Crippen LogP) is -0.456. The van der Waals surface area contributed by atoms with Gasteiger partial charge in [-0.25, -0.2) is 9.59 Å². The summed E-state index contributed by atoms with van der Waals surface area (Å²) in [6.07, 6.45) is 0. The summed E-state index contributed by atoms with van der Waals surface area (Å²) in [5.74, 6) is -1.57. The Hall–Kier alpha value is -3.30. The summed E-state index contributed by atoms with van der Waals surface area (Å²) in [5, 5.41) is 21.3. The maximum absolute atomic E-state index is 12.0. The van der Waals surface area contributed by atoms with E-state index in [-0.39, 0.29) is 24.1 Å². The number of carboxylic acids is 1. The Labute approximate surface area is 144 Å². The van der Waals surface area contributed by atoms with Crippen molar-refractivity contribution in [3.8, 4) is 0 Å². The van der Waals surface area contributed by atoms with Gasteiger partial charge in [0, 0.05) is 31.9 Å². The van der Waals surface area contributed by atoms with Gasteiger partial charge < -0.3 is 31.3 Å². The van der Waals surface area contributed by atoms with E-state index in [2.05, 4.69) is 10.6 Å². The molecular formula is C15H20N6O4. The van der Waals surface area contributed by atoms with Crippen LogP contribution in [0.4, 0.5) is 10.5 Å². The molecule has 0 spiro atoms. The first-order valence-electron chi connectivity index (χ1n) is 7.62. The van der Waals surface area contributed by atoms with Crippen LogP contribution >= 0.6 is 0 Å². The second-order valence-corrected chi connectivity index (χ2v) is 5.45. The minimum absolute atomic E-state index is 0.0250. The number of nitrogens with one attached hydrogen (secondary N) is 3. The fourth-order valence-corrected chi connectivity index (χ4v) is 2.35. The first kappa shape index (κ1) is 18.0. The van der Waals surface area contributed by atoms with Gasteiger partial charge in [-0.3, -0.25) is 10.2 Å². The van der Waals surface area contributed by atoms with E-state index in [0.29, 0.717) is 31.9 Å². The number of benzene rings is 1. The van der Waals surface area contributed by atoms with E-state index in [0.717, 1.165) is 0 Å². The summed E-state index contributed by atoms with van der Waals surface area (Å²) in [6.45, 7) is 1.53. The van der Waals surface area contributed by atoms with Crippen molar-refractivity contribution >= 4 is 29.6 Å². The molecule has 1 aliphatic rings. The van der Waals surface area contributed by atoms with Crippen molar-refractivity contribution in [3.05, 3.63) is 29.8 Å². The van der Waals surface area contributed by atoms with Crippen molar-refractivity contribution in [3.63, 3.8) is 0 Å². The SMILES string of the molecule is N=C(N)N1CCN(C(=O)NCC(=O)Nc2cccc(C(=O)O)c2)CC1. The highest BCUT2D eigenvalue weighted by molar-refractivity contribution is 5.96. The molecule has 1 heterocycles. The van der Waals surface area contributed by atoms with Crippen LogP contribution < -0.4 is 16.4 Å². The number of guanidine groups is 1. The summed E-state index contributed by atoms with van der Waals surface area (Å²) < 4.78 is 0. The number of amides is 3. The molecule has 10 heteroatoms. The molecule has 6 N–H and O–H groups in total. The highest BCUT2D eigenvalue weighted by atomic mass is 16.4. The molecule has 3 amide bonds. The molecule has 0 bridgehead atoms. The molecule has 1 aliphatic heterocycles. The average molecular weight is 348 g/mol. The van der Waals surface area contributed by atoms with Gasteiger partial charge in [-0.15, -0.1) is 0 Å². The zero-order valence-electron chi connectivity index (χ0n) is 13.5. The second kappa shape index (κ2) is 7.99. The van der Waals surface area contributed by atoms with E-state index in [9.17, 15) is 14.4 Å². The molecule has 0 aromatic heterocycles. The lowest BCUT2D eigenvalue weighted by Gasteiger charge is -2.34. The van der Waals surface area contributed by atoms with Gasteiger partial charge in [0.2, 0.25) is 5.91 Å². The van der Waals surface area contributed by atoms with Crippen LogP contribution in [0.25, 0.3) is 0 Å². The van der Waals surface area contributed by atoms with Crippen molar-refractivity contribution in [2.45, 2.75) is 0 Å². The molecule has 1 fully saturated rings. The standard InChI is InChI=1S/C15H20N6O4/c16-14(17)20-4-6-21(7-5-20)15(25)18-9-12(22)19-11-3-1-2-10(8-11)13(23)24/h1-3,8H,4-7,9H2,(H3,16,17)(H,18,25)(H,19,22)(H,23,24). The number of rotatable bonds is 4. The van der Waals surface area contributed by atoms with Gasteiger partial charge in [0.1, 0.15) is 0 Å². The maximum Gasteiger partial charge on any atom is 0.335 e. The van der Waals surface area contributed by atoms with Gasteiger partial charge in [-0.2, -0.15) is 0 Å². The number of nitrogens with zero attached hydrogens (tertiary/aromatic N) is 2. The number of piperazine rings is 1. The minimum Gasteiger partial charge on any atom is -0.478 e. The van der Waals surface area contributed by atoms with Crippen molar-refractivity contribution in [2.75, 3.05) is 38.0 Å². The summed E-state index contributed by atoms with van der Waals surface area (Å²) in [4.78, 5) is 38.0. The maximum atomic E-state index is 12.0. The van der Waals surface area contributed by atoms with Crippen molar-refractivity contribution in [2.24, 2.45) is 5.73 Å². The number of aromatic carboxylic acids is 1. The molecule has 0 aliphatic carbocycles. The Balaban J connectivity index is 1.78. The van der Waals surface area contributed by atoms with E-state index < -0.39 is 11.9 Å². The Morgan fingerprint density at radius 1 is 1.16 bits per heavy atom. The number of carbonyl (C=O) groups excluding carboxylic acids is 2. The number of carbonyl (C=O) groups is 3. The topological polar surface area (TPSA) is 152 Å². The molecule has 134 valence electrons. The number of nitrogens with two attached hydrogens (primary N) is 1. The Morgan fingerprint density at radius 3 is 2.40 bits per heavy atom. The fraction of sp³-hybridized carbons (Fsp3) is 0.333. The van der Waals surface area contributed by atoms with Gasteiger partial charge >= 0.3 is 12.0 Å². The van der Waals surface area contributed by atoms with E-state index in [4.69, 9.17) is 16.2 Å². The van der Waals surface area contributed by atoms with Gasteiger partial charge in [-0.1, -0.05) is 6.07 Å². The third-order valence-corrected chi connectivity index (χ3v) is 3.70. The van der Waals surface area contributed by atoms with Crippen molar-refractivity contribution in [1.82, 2.24) is 15.1 Å². The minimum atomic E-state index is -1.09. The highest BCUT2D eigenvalue weighted by Crippen LogP contribution is 2.10. The van der Waals surface area contributed by atoms with Crippen molar-refractivity contribution < 1.29 is 19.5 Å². The molecule has 10 nitrogen and oxygen atoms in total. The van der Waals surface area contributed by atoms with Crippen LogP contribution in [0, 0.1) is 5.41 Å². The molecule has 2 rings (SSSR count). The summed E-state index contributed by atoms with van der Waals surface area (Å²) in [7, 11) is 0. The summed E-state index contributed by atoms with van der Waals surface area (Å²) in [5.41, 5.74) is 5.79. The summed E-state index contributed by atoms with van der Waals surface area (Å²) >= 11 is 0. The molecule has 0 saturated carbocycles. The van der Waals surface area contributed by atoms with Crippen LogP contribution in [-0.2, 0) is 4.79 Å². The van der Waals surface area contributed by atoms with Crippen LogP contribution in [0.1, 0.15) is 10.4 Å². The van der Waals surface area contributed by atoms with Crippen LogP contribution in [-0.4, -0.2) is 71.5 Å². The third-order valence-electron chi connectivity index (χ3n) is 3.70. The molecular weight excluding hydrogens is 328 g/mol. The van der Waals surface area contributed by atoms with Gasteiger partial charge in [0.25, 0.3) is 0 Å². The van der Waals surface area contributed by atoms with Crippen molar-refractivity contribution in [1.29, 1.82) is 5.41 Å². The molecule has 0 radical (unpaired) electrons. The zero-order chi connectivity index (χ0) is 18.4. The lowest BCUT2D eigenvalue weighted by Crippen LogP contribution is -2.55. The lowest BCUT2D eigenvalue weighted by molar-refractivity contribution is -0.115. The van der Waals surface area contributed by atoms with Gasteiger partial charge in [-0.05, 0) is 18.2 Å². The van der Waals surface area contributed by atoms with Crippen LogP contribution in [0.15, 0.2) is 24.3 Å². The van der Waals surface area contributed by atoms with Crippen LogP contribution in [0.2, 0.25) is 0 Å². The number of carboxylic acid groups (broad SMARTS) is 1. The quantitative estimate of drug-likeness (QED) is 0.367. The Bertz CT molecular complexity index is 684. The number of hydrogen-bond acceptors (Lipinski definition) is 4. The number of anilines is 1. The predicted molar refractivity (Wildman–Crippen MR) is 90.5 cm³/mol. The first-order valence-corrected chi connectivity index (χ1v) is 7.62. The van der Waals surface area contributed by atoms with Gasteiger partial charge in [0.05, 0.1) is 12.1 Å². The fourth-order valence-electron chi connectivity index (χ4n) is 2.35. The lowest BCUT2D eigenvalue weighted by atomic mass is 10.2. The monoisotopic (exact) mass is 348 g/mol. The number of urea groups is 1. The Morgan fingerprint density at radius 2 is 1.80 bits per heavy atom. The van der Waals surface area contributed by atoms with E-state index in [1.807, 2.05) is 0 Å². The zero-order valence-corrected chi connectivity index (χ0v) is 13.5. The van der Waals surface area contributed by atoms with E-state index >= 15 is 0 Å². The van der Waals surface area contributed by atoms with E-state index in [1.54, 1.807) is 11.0 Å². The largest absolute Gasteiger partial charge is 0.478 e. The molecule has 1 aromatic carbocycles. The molecule has 1 aromatic rings. The normalized spacial score (nSPS) is 13.9. The smallest absolute Gasteiger partial charge is 0.335 e. The molecule has 25 heavy (non-hydrogen) atoms.